The number of carbonyl (C=O) groups excluding carboxylic acids is 4. The van der Waals surface area contributed by atoms with Crippen LogP contribution in [-0.4, -0.2) is 111 Å². The van der Waals surface area contributed by atoms with Crippen molar-refractivity contribution in [1.82, 2.24) is 9.80 Å². The number of rotatable bonds is 7. The first kappa shape index (κ1) is 40.8. The first-order valence-corrected chi connectivity index (χ1v) is 21.2. The fourth-order valence-corrected chi connectivity index (χ4v) is 11.6. The van der Waals surface area contributed by atoms with Crippen molar-refractivity contribution in [2.24, 2.45) is 11.8 Å². The molecule has 4 fully saturated rings. The highest BCUT2D eigenvalue weighted by Gasteiger charge is 2.81. The molecule has 4 aliphatic carbocycles. The molecule has 4 heterocycles. The third-order valence-electron chi connectivity index (χ3n) is 14.4. The average molecular weight is 801 g/mol. The maximum absolute atomic E-state index is 15.4. The lowest BCUT2D eigenvalue weighted by Crippen LogP contribution is -2.72. The van der Waals surface area contributed by atoms with Crippen molar-refractivity contribution in [2.75, 3.05) is 39.3 Å². The Hall–Kier alpha value is -4.00. The van der Waals surface area contributed by atoms with E-state index in [2.05, 4.69) is 4.90 Å². The fraction of sp³-hybridized carbons (Fsp3) is 0.652. The number of Topliss-reactive ketones (excluding diaryl/α,β-unsaturated/α-hetero) is 2. The summed E-state index contributed by atoms with van der Waals surface area (Å²) in [7, 11) is 0. The molecule has 4 bridgehead atoms. The summed E-state index contributed by atoms with van der Waals surface area (Å²) in [5.41, 5.74) is -1.17. The summed E-state index contributed by atoms with van der Waals surface area (Å²) in [5, 5.41) is 22.0. The average Bonchev–Trinajstić information content (AvgIpc) is 3.29. The summed E-state index contributed by atoms with van der Waals surface area (Å²) in [6.45, 7) is 20.1. The molecule has 1 aromatic rings. The van der Waals surface area contributed by atoms with E-state index >= 15 is 4.79 Å². The van der Waals surface area contributed by atoms with Gasteiger partial charge >= 0.3 is 5.97 Å². The number of hydrogen-bond acceptors (Lipinski definition) is 11. The monoisotopic (exact) mass is 800 g/mol. The number of benzene rings is 1. The number of carbonyl (C=O) groups is 4. The molecule has 58 heavy (non-hydrogen) atoms. The van der Waals surface area contributed by atoms with Crippen LogP contribution in [0, 0.1) is 11.8 Å². The number of allylic oxidation sites excluding steroid dienone is 3. The molecule has 9 rings (SSSR count). The van der Waals surface area contributed by atoms with E-state index in [1.165, 1.54) is 6.92 Å². The van der Waals surface area contributed by atoms with Crippen LogP contribution in [-0.2, 0) is 30.3 Å². The second-order valence-corrected chi connectivity index (χ2v) is 19.4. The van der Waals surface area contributed by atoms with Crippen molar-refractivity contribution >= 4 is 23.4 Å². The minimum atomic E-state index is -1.61. The maximum atomic E-state index is 15.4. The van der Waals surface area contributed by atoms with E-state index in [1.807, 2.05) is 48.5 Å². The SMILES string of the molecule is CC(=O)OC1(C)CCC(=C(C)C)C(c2c(O)c3c(c4c2OC(C)(C)CC4)O[C@]24C(=C[C@@H]5C[C@H]2C(C)(C)O[C@@]4(C/C=C(/C)C(=O)N2CCN(CCO)CC2)C5=O)C3=O)C1. The van der Waals surface area contributed by atoms with Gasteiger partial charge in [0.2, 0.25) is 5.91 Å². The van der Waals surface area contributed by atoms with Crippen molar-refractivity contribution in [1.29, 1.82) is 0 Å². The number of phenolic OH excluding ortho intramolecular Hbond substituents is 1. The van der Waals surface area contributed by atoms with Gasteiger partial charge in [-0.2, -0.15) is 0 Å². The maximum Gasteiger partial charge on any atom is 0.303 e. The molecule has 1 spiro atoms. The largest absolute Gasteiger partial charge is 0.507 e. The predicted molar refractivity (Wildman–Crippen MR) is 215 cm³/mol. The third-order valence-corrected chi connectivity index (χ3v) is 14.4. The zero-order valence-electron chi connectivity index (χ0n) is 35.6. The van der Waals surface area contributed by atoms with Crippen molar-refractivity contribution < 1.29 is 48.3 Å². The zero-order valence-corrected chi connectivity index (χ0v) is 35.6. The van der Waals surface area contributed by atoms with Gasteiger partial charge in [-0.15, -0.1) is 0 Å². The number of ketones is 2. The molecular formula is C46H60N2O10. The second kappa shape index (κ2) is 13.8. The van der Waals surface area contributed by atoms with Gasteiger partial charge < -0.3 is 34.1 Å². The van der Waals surface area contributed by atoms with Crippen LogP contribution in [0.2, 0.25) is 0 Å². The van der Waals surface area contributed by atoms with Crippen LogP contribution in [0.25, 0.3) is 0 Å². The smallest absolute Gasteiger partial charge is 0.303 e. The number of fused-ring (bicyclic) bond motifs is 3. The van der Waals surface area contributed by atoms with Gasteiger partial charge in [0.1, 0.15) is 34.0 Å². The second-order valence-electron chi connectivity index (χ2n) is 19.4. The van der Waals surface area contributed by atoms with E-state index in [-0.39, 0.29) is 53.7 Å². The number of aromatic hydroxyl groups is 1. The number of aliphatic hydroxyl groups is 1. The van der Waals surface area contributed by atoms with E-state index in [4.69, 9.17) is 18.9 Å². The Labute approximate surface area is 341 Å². The molecule has 12 nitrogen and oxygen atoms in total. The lowest BCUT2D eigenvalue weighted by Gasteiger charge is -2.56. The molecule has 6 atom stereocenters. The Morgan fingerprint density at radius 2 is 1.67 bits per heavy atom. The number of piperazine rings is 1. The molecule has 4 aliphatic heterocycles. The molecular weight excluding hydrogens is 741 g/mol. The Kier molecular flexibility index (Phi) is 9.68. The number of hydrogen-bond donors (Lipinski definition) is 2. The molecule has 2 saturated heterocycles. The Balaban J connectivity index is 1.26. The molecule has 1 aromatic carbocycles. The van der Waals surface area contributed by atoms with E-state index in [0.29, 0.717) is 99.3 Å². The zero-order chi connectivity index (χ0) is 41.9. The van der Waals surface area contributed by atoms with Gasteiger partial charge in [0.15, 0.2) is 22.8 Å². The number of ether oxygens (including phenoxy) is 4. The van der Waals surface area contributed by atoms with Crippen LogP contribution in [0.4, 0.5) is 0 Å². The summed E-state index contributed by atoms with van der Waals surface area (Å²) >= 11 is 0. The highest BCUT2D eigenvalue weighted by Crippen LogP contribution is 2.69. The van der Waals surface area contributed by atoms with Crippen LogP contribution in [0.1, 0.15) is 128 Å². The van der Waals surface area contributed by atoms with Gasteiger partial charge in [-0.05, 0) is 93.9 Å². The summed E-state index contributed by atoms with van der Waals surface area (Å²) in [5.74, 6) is -1.98. The molecule has 0 aromatic heterocycles. The lowest BCUT2D eigenvalue weighted by atomic mass is 9.51. The van der Waals surface area contributed by atoms with Crippen LogP contribution in [0.15, 0.2) is 34.4 Å². The first-order chi connectivity index (χ1) is 27.2. The van der Waals surface area contributed by atoms with Crippen molar-refractivity contribution in [3.63, 3.8) is 0 Å². The molecule has 0 radical (unpaired) electrons. The van der Waals surface area contributed by atoms with Gasteiger partial charge in [0.05, 0.1) is 12.2 Å². The molecule has 8 aliphatic rings. The summed E-state index contributed by atoms with van der Waals surface area (Å²) in [6, 6.07) is 0. The minimum Gasteiger partial charge on any atom is -0.507 e. The van der Waals surface area contributed by atoms with Crippen molar-refractivity contribution in [2.45, 2.75) is 141 Å². The quantitative estimate of drug-likeness (QED) is 0.193. The molecule has 2 saturated carbocycles. The van der Waals surface area contributed by atoms with E-state index in [0.717, 1.165) is 11.1 Å². The first-order valence-electron chi connectivity index (χ1n) is 21.2. The number of aliphatic hydroxyl groups excluding tert-OH is 1. The van der Waals surface area contributed by atoms with Gasteiger partial charge in [-0.1, -0.05) is 23.3 Å². The van der Waals surface area contributed by atoms with E-state index in [9.17, 15) is 24.6 Å². The van der Waals surface area contributed by atoms with Crippen LogP contribution in [0.3, 0.4) is 0 Å². The number of nitrogens with zero attached hydrogens (tertiary/aromatic N) is 2. The fourth-order valence-electron chi connectivity index (χ4n) is 11.6. The number of amides is 1. The number of phenols is 1. The van der Waals surface area contributed by atoms with E-state index < -0.39 is 45.6 Å². The van der Waals surface area contributed by atoms with Gasteiger partial charge in [-0.3, -0.25) is 24.1 Å². The molecule has 314 valence electrons. The Morgan fingerprint density at radius 3 is 2.33 bits per heavy atom. The normalized spacial score (nSPS) is 33.4. The highest BCUT2D eigenvalue weighted by atomic mass is 16.6. The molecule has 2 N–H and O–H groups in total. The minimum absolute atomic E-state index is 0.0286. The van der Waals surface area contributed by atoms with Crippen LogP contribution >= 0.6 is 0 Å². The standard InChI is InChI=1S/C46H60N2O10/c1-25(2)29-12-14-44(9,55-27(4)50)24-31(29)34-37(52)35-36(51)32-22-28-23-33-43(7,8)58-45(40(28)53,15-10-26(3)41(54)48-18-16-47(17-19-48)20-21-49)46(32,33)57-39(35)30-11-13-42(5,6)56-38(30)34/h10,22,28,31,33,49,52H,11-21,23-24H2,1-9H3/b26-10-/t28-,31?,33+,44?,45+,46-/m1/s1. The number of esters is 1. The summed E-state index contributed by atoms with van der Waals surface area (Å²) in [4.78, 5) is 60.2. The van der Waals surface area contributed by atoms with Gasteiger partial charge in [0, 0.05) is 86.1 Å². The number of β-amino-alcohol motifs (C(OH)–C–C–N with tert-alkyl or cyclic N) is 1. The van der Waals surface area contributed by atoms with Crippen LogP contribution < -0.4 is 9.47 Å². The summed E-state index contributed by atoms with van der Waals surface area (Å²) < 4.78 is 27.1. The van der Waals surface area contributed by atoms with Crippen LogP contribution in [0.5, 0.6) is 17.2 Å². The highest BCUT2D eigenvalue weighted by molar-refractivity contribution is 6.18. The topological polar surface area (TPSA) is 152 Å². The molecule has 12 heteroatoms. The van der Waals surface area contributed by atoms with Gasteiger partial charge in [0.25, 0.3) is 0 Å². The van der Waals surface area contributed by atoms with Crippen molar-refractivity contribution in [3.8, 4) is 17.2 Å². The molecule has 1 amide bonds. The Morgan fingerprint density at radius 1 is 0.966 bits per heavy atom. The Bertz CT molecular complexity index is 2080. The summed E-state index contributed by atoms with van der Waals surface area (Å²) in [6.07, 6.45) is 6.76. The third kappa shape index (κ3) is 6.01. The van der Waals surface area contributed by atoms with Crippen molar-refractivity contribution in [3.05, 3.63) is 51.1 Å². The van der Waals surface area contributed by atoms with E-state index in [1.54, 1.807) is 24.0 Å². The van der Waals surface area contributed by atoms with Gasteiger partial charge in [-0.25, -0.2) is 0 Å². The predicted octanol–water partition coefficient (Wildman–Crippen LogP) is 5.90. The molecule has 2 unspecified atom stereocenters. The lowest BCUT2D eigenvalue weighted by molar-refractivity contribution is -0.171.